The second-order valence-electron chi connectivity index (χ2n) is 5.07. The number of nitrogens with zero attached hydrogens (tertiary/aromatic N) is 4. The second-order valence-corrected chi connectivity index (χ2v) is 5.07. The molecule has 0 aromatic carbocycles. The first-order chi connectivity index (χ1) is 8.56. The van der Waals surface area contributed by atoms with Gasteiger partial charge in [-0.15, -0.1) is 5.10 Å². The van der Waals surface area contributed by atoms with Gasteiger partial charge in [0.1, 0.15) is 0 Å². The summed E-state index contributed by atoms with van der Waals surface area (Å²) in [6.45, 7) is 8.88. The van der Waals surface area contributed by atoms with E-state index in [0.717, 1.165) is 26.2 Å². The van der Waals surface area contributed by atoms with Crippen LogP contribution in [-0.4, -0.2) is 47.2 Å². The Morgan fingerprint density at radius 3 is 2.44 bits per heavy atom. The van der Waals surface area contributed by atoms with E-state index < -0.39 is 0 Å². The molecular formula is C12H20N4O2. The summed E-state index contributed by atoms with van der Waals surface area (Å²) in [5.74, 6) is 1.23. The molecule has 0 N–H and O–H groups in total. The highest BCUT2D eigenvalue weighted by Crippen LogP contribution is 2.15. The fourth-order valence-corrected chi connectivity index (χ4v) is 2.04. The summed E-state index contributed by atoms with van der Waals surface area (Å²) in [4.78, 5) is 15.9. The highest BCUT2D eigenvalue weighted by molar-refractivity contribution is 5.76. The SMILES string of the molecule is Cc1nnc(N2CCN(C(=O)CC(C)C)CC2)o1. The minimum absolute atomic E-state index is 0.242. The third-order valence-corrected chi connectivity index (χ3v) is 3.00. The van der Waals surface area contributed by atoms with Gasteiger partial charge >= 0.3 is 6.01 Å². The van der Waals surface area contributed by atoms with Crippen molar-refractivity contribution in [2.24, 2.45) is 5.92 Å². The maximum atomic E-state index is 11.9. The molecule has 0 spiro atoms. The van der Waals surface area contributed by atoms with Gasteiger partial charge in [0, 0.05) is 39.5 Å². The zero-order valence-electron chi connectivity index (χ0n) is 11.2. The van der Waals surface area contributed by atoms with E-state index in [1.54, 1.807) is 6.92 Å². The molecule has 0 unspecified atom stereocenters. The maximum Gasteiger partial charge on any atom is 0.318 e. The first-order valence-electron chi connectivity index (χ1n) is 6.39. The average Bonchev–Trinajstić information content (AvgIpc) is 2.75. The molecule has 18 heavy (non-hydrogen) atoms. The van der Waals surface area contributed by atoms with Crippen LogP contribution >= 0.6 is 0 Å². The number of amides is 1. The molecule has 0 radical (unpaired) electrons. The molecule has 0 saturated carbocycles. The molecule has 1 amide bonds. The normalized spacial score (nSPS) is 16.4. The molecule has 0 bridgehead atoms. The molecule has 1 saturated heterocycles. The van der Waals surface area contributed by atoms with E-state index >= 15 is 0 Å². The van der Waals surface area contributed by atoms with Gasteiger partial charge < -0.3 is 14.2 Å². The monoisotopic (exact) mass is 252 g/mol. The van der Waals surface area contributed by atoms with E-state index in [-0.39, 0.29) is 5.91 Å². The molecular weight excluding hydrogens is 232 g/mol. The number of aryl methyl sites for hydroxylation is 1. The van der Waals surface area contributed by atoms with Crippen LogP contribution in [0.1, 0.15) is 26.2 Å². The Hall–Kier alpha value is -1.59. The van der Waals surface area contributed by atoms with Crippen molar-refractivity contribution in [1.29, 1.82) is 0 Å². The molecule has 6 nitrogen and oxygen atoms in total. The number of carbonyl (C=O) groups excluding carboxylic acids is 1. The lowest BCUT2D eigenvalue weighted by Crippen LogP contribution is -2.49. The van der Waals surface area contributed by atoms with Crippen LogP contribution < -0.4 is 4.90 Å². The quantitative estimate of drug-likeness (QED) is 0.805. The molecule has 0 atom stereocenters. The Labute approximate surface area is 107 Å². The van der Waals surface area contributed by atoms with Crippen molar-refractivity contribution in [3.8, 4) is 0 Å². The van der Waals surface area contributed by atoms with Gasteiger partial charge in [0.15, 0.2) is 0 Å². The predicted octanol–water partition coefficient (Wildman–Crippen LogP) is 1.07. The van der Waals surface area contributed by atoms with Gasteiger partial charge in [-0.05, 0) is 5.92 Å². The first kappa shape index (κ1) is 12.9. The molecule has 1 aliphatic heterocycles. The van der Waals surface area contributed by atoms with Crippen LogP contribution in [-0.2, 0) is 4.79 Å². The number of aromatic nitrogens is 2. The summed E-state index contributed by atoms with van der Waals surface area (Å²) < 4.78 is 5.38. The highest BCUT2D eigenvalue weighted by Gasteiger charge is 2.23. The Morgan fingerprint density at radius 1 is 1.28 bits per heavy atom. The Bertz CT molecular complexity index is 408. The summed E-state index contributed by atoms with van der Waals surface area (Å²) in [6.07, 6.45) is 0.625. The van der Waals surface area contributed by atoms with Crippen LogP contribution in [0.25, 0.3) is 0 Å². The lowest BCUT2D eigenvalue weighted by molar-refractivity contribution is -0.132. The average molecular weight is 252 g/mol. The van der Waals surface area contributed by atoms with Crippen LogP contribution in [0.5, 0.6) is 0 Å². The van der Waals surface area contributed by atoms with Crippen molar-refractivity contribution >= 4 is 11.9 Å². The first-order valence-corrected chi connectivity index (χ1v) is 6.39. The van der Waals surface area contributed by atoms with Gasteiger partial charge in [-0.1, -0.05) is 18.9 Å². The summed E-state index contributed by atoms with van der Waals surface area (Å²) >= 11 is 0. The van der Waals surface area contributed by atoms with Crippen molar-refractivity contribution in [1.82, 2.24) is 15.1 Å². The number of carbonyl (C=O) groups is 1. The van der Waals surface area contributed by atoms with Crippen LogP contribution in [0.2, 0.25) is 0 Å². The lowest BCUT2D eigenvalue weighted by Gasteiger charge is -2.34. The van der Waals surface area contributed by atoms with E-state index in [2.05, 4.69) is 24.0 Å². The van der Waals surface area contributed by atoms with Crippen molar-refractivity contribution in [2.75, 3.05) is 31.1 Å². The third-order valence-electron chi connectivity index (χ3n) is 3.00. The number of anilines is 1. The van der Waals surface area contributed by atoms with Gasteiger partial charge in [0.25, 0.3) is 0 Å². The summed E-state index contributed by atoms with van der Waals surface area (Å²) in [7, 11) is 0. The van der Waals surface area contributed by atoms with E-state index in [9.17, 15) is 4.79 Å². The van der Waals surface area contributed by atoms with Gasteiger partial charge in [0.05, 0.1) is 0 Å². The van der Waals surface area contributed by atoms with Crippen LogP contribution in [0.15, 0.2) is 4.42 Å². The number of hydrogen-bond acceptors (Lipinski definition) is 5. The molecule has 1 aliphatic rings. The smallest absolute Gasteiger partial charge is 0.318 e. The predicted molar refractivity (Wildman–Crippen MR) is 67.3 cm³/mol. The topological polar surface area (TPSA) is 62.5 Å². The van der Waals surface area contributed by atoms with Gasteiger partial charge in [-0.3, -0.25) is 4.79 Å². The fraction of sp³-hybridized carbons (Fsp3) is 0.750. The fourth-order valence-electron chi connectivity index (χ4n) is 2.04. The Morgan fingerprint density at radius 2 is 1.94 bits per heavy atom. The second kappa shape index (κ2) is 5.37. The number of rotatable bonds is 3. The summed E-state index contributed by atoms with van der Waals surface area (Å²) in [5, 5.41) is 7.81. The summed E-state index contributed by atoms with van der Waals surface area (Å²) in [5.41, 5.74) is 0. The molecule has 6 heteroatoms. The zero-order chi connectivity index (χ0) is 13.1. The van der Waals surface area contributed by atoms with Crippen molar-refractivity contribution < 1.29 is 9.21 Å². The molecule has 0 aliphatic carbocycles. The Kier molecular flexibility index (Phi) is 3.84. The van der Waals surface area contributed by atoms with Gasteiger partial charge in [0.2, 0.25) is 11.8 Å². The number of piperazine rings is 1. The van der Waals surface area contributed by atoms with Crippen molar-refractivity contribution in [3.05, 3.63) is 5.89 Å². The van der Waals surface area contributed by atoms with Crippen molar-refractivity contribution in [2.45, 2.75) is 27.2 Å². The Balaban J connectivity index is 1.86. The lowest BCUT2D eigenvalue weighted by atomic mass is 10.1. The molecule has 1 fully saturated rings. The van der Waals surface area contributed by atoms with E-state index in [4.69, 9.17) is 4.42 Å². The maximum absolute atomic E-state index is 11.9. The van der Waals surface area contributed by atoms with Crippen molar-refractivity contribution in [3.63, 3.8) is 0 Å². The van der Waals surface area contributed by atoms with Crippen LogP contribution in [0, 0.1) is 12.8 Å². The van der Waals surface area contributed by atoms with E-state index in [1.807, 2.05) is 9.80 Å². The minimum Gasteiger partial charge on any atom is -0.408 e. The molecule has 2 rings (SSSR count). The highest BCUT2D eigenvalue weighted by atomic mass is 16.4. The van der Waals surface area contributed by atoms with E-state index in [0.29, 0.717) is 24.2 Å². The largest absolute Gasteiger partial charge is 0.408 e. The van der Waals surface area contributed by atoms with Crippen LogP contribution in [0.3, 0.4) is 0 Å². The van der Waals surface area contributed by atoms with Gasteiger partial charge in [-0.25, -0.2) is 0 Å². The molecule has 1 aromatic rings. The standard InChI is InChI=1S/C12H20N4O2/c1-9(2)8-11(17)15-4-6-16(7-5-15)12-14-13-10(3)18-12/h9H,4-8H2,1-3H3. The minimum atomic E-state index is 0.242. The zero-order valence-corrected chi connectivity index (χ0v) is 11.2. The number of hydrogen-bond donors (Lipinski definition) is 0. The third kappa shape index (κ3) is 3.00. The molecule has 100 valence electrons. The molecule has 2 heterocycles. The summed E-state index contributed by atoms with van der Waals surface area (Å²) in [6, 6.07) is 0.559. The van der Waals surface area contributed by atoms with E-state index in [1.165, 1.54) is 0 Å². The molecule has 1 aromatic heterocycles. The van der Waals surface area contributed by atoms with Gasteiger partial charge in [-0.2, -0.15) is 0 Å². The van der Waals surface area contributed by atoms with Crippen LogP contribution in [0.4, 0.5) is 6.01 Å².